The molecule has 3 aliphatic carbocycles. The molecule has 4 aliphatic heterocycles. The van der Waals surface area contributed by atoms with E-state index in [2.05, 4.69) is 41.0 Å². The number of hydrogen-bond donors (Lipinski definition) is 7. The number of nitrogens with zero attached hydrogens (tertiary/aromatic N) is 1. The van der Waals surface area contributed by atoms with Crippen molar-refractivity contribution in [1.29, 1.82) is 0 Å². The van der Waals surface area contributed by atoms with Gasteiger partial charge in [-0.25, -0.2) is 0 Å². The van der Waals surface area contributed by atoms with Crippen molar-refractivity contribution in [3.63, 3.8) is 0 Å². The summed E-state index contributed by atoms with van der Waals surface area (Å²) in [5, 5.41) is 58.4. The Bertz CT molecular complexity index is 3250. The fraction of sp³-hybridized carbons (Fsp3) is 0.750. The number of allylic oxidation sites excluding steroid dienone is 3. The van der Waals surface area contributed by atoms with Gasteiger partial charge in [0.1, 0.15) is 42.4 Å². The van der Waals surface area contributed by atoms with Crippen molar-refractivity contribution in [2.24, 2.45) is 5.73 Å². The number of ether oxygens (including phenoxy) is 17. The van der Waals surface area contributed by atoms with Crippen LogP contribution in [0.15, 0.2) is 34.9 Å². The van der Waals surface area contributed by atoms with E-state index in [1.807, 2.05) is 28.7 Å². The minimum absolute atomic E-state index is 0.0267. The first-order chi connectivity index (χ1) is 52.6. The lowest BCUT2D eigenvalue weighted by Crippen LogP contribution is -2.65. The molecule has 5 fully saturated rings. The number of fused-ring (bicyclic) bond motifs is 2. The number of aliphatic hydroxyl groups excluding tert-OH is 4. The van der Waals surface area contributed by atoms with E-state index in [4.69, 9.17) is 91.1 Å². The Kier molecular flexibility index (Phi) is 39.5. The van der Waals surface area contributed by atoms with Crippen LogP contribution < -0.4 is 25.4 Å². The number of benzene rings is 1. The molecule has 8 N–H and O–H groups in total. The van der Waals surface area contributed by atoms with E-state index in [0.717, 1.165) is 37.4 Å². The van der Waals surface area contributed by atoms with Crippen molar-refractivity contribution in [2.45, 2.75) is 226 Å². The molecule has 7 aliphatic rings. The summed E-state index contributed by atoms with van der Waals surface area (Å²) in [6.07, 6.45) is -6.40. The monoisotopic (exact) mass is 1710 g/mol. The Hall–Kier alpha value is -3.17. The van der Waals surface area contributed by atoms with Crippen molar-refractivity contribution in [3.8, 4) is 40.9 Å². The van der Waals surface area contributed by atoms with E-state index < -0.39 is 127 Å². The largest absolute Gasteiger partial charge is 0.492 e. The average molecular weight is 1710 g/mol. The molecule has 1 aromatic carbocycles. The van der Waals surface area contributed by atoms with Crippen LogP contribution in [0.2, 0.25) is 0 Å². The highest BCUT2D eigenvalue weighted by Gasteiger charge is 2.52. The number of aliphatic hydroxyl groups is 5. The number of thioether (sulfide) groups is 1. The van der Waals surface area contributed by atoms with Crippen LogP contribution in [0.5, 0.6) is 17.2 Å². The quantitative estimate of drug-likeness (QED) is 0.0147. The minimum Gasteiger partial charge on any atom is -0.492 e. The van der Waals surface area contributed by atoms with Crippen molar-refractivity contribution >= 4 is 72.6 Å². The van der Waals surface area contributed by atoms with Crippen LogP contribution in [0.1, 0.15) is 115 Å². The number of carbonyl (C=O) groups excluding carboxylic acids is 3. The molecular formula is C76H114IN3O26S3. The smallest absolute Gasteiger partial charge is 0.229 e. The van der Waals surface area contributed by atoms with Crippen LogP contribution >= 0.6 is 55.9 Å². The predicted octanol–water partition coefficient (Wildman–Crippen LogP) is 5.08. The van der Waals surface area contributed by atoms with Gasteiger partial charge in [0.15, 0.2) is 41.8 Å². The Morgan fingerprint density at radius 2 is 1.40 bits per heavy atom. The third-order valence-corrected chi connectivity index (χ3v) is 25.3. The number of nitrogens with two attached hydrogens (primary N) is 1. The molecular weight excluding hydrogens is 1590 g/mol. The lowest BCUT2D eigenvalue weighted by Gasteiger charge is -2.47. The number of hydroxylamine groups is 1. The molecule has 0 radical (unpaired) electrons. The second kappa shape index (κ2) is 47.1. The number of likely N-dealkylation sites (N-methyl/N-ethyl adjacent to an activating group) is 1. The lowest BCUT2D eigenvalue weighted by atomic mass is 9.72. The molecule has 33 heteroatoms. The molecule has 2 bridgehead atoms. The third kappa shape index (κ3) is 25.9. The molecule has 0 amide bonds. The van der Waals surface area contributed by atoms with Gasteiger partial charge in [-0.05, 0) is 101 Å². The second-order valence-electron chi connectivity index (χ2n) is 27.4. The first-order valence-electron chi connectivity index (χ1n) is 37.6. The van der Waals surface area contributed by atoms with E-state index in [0.29, 0.717) is 125 Å². The van der Waals surface area contributed by atoms with Gasteiger partial charge in [-0.2, -0.15) is 5.48 Å². The summed E-state index contributed by atoms with van der Waals surface area (Å²) in [4.78, 5) is 50.8. The van der Waals surface area contributed by atoms with E-state index in [1.54, 1.807) is 56.4 Å². The van der Waals surface area contributed by atoms with Gasteiger partial charge in [0.2, 0.25) is 17.2 Å². The van der Waals surface area contributed by atoms with E-state index >= 15 is 0 Å². The number of hydrogen-bond acceptors (Lipinski definition) is 32. The summed E-state index contributed by atoms with van der Waals surface area (Å²) in [7, 11) is 9.15. The standard InChI is InChI=1S/C76H114IN3O26S3/c1-11-80(26-19-27-93-29-31-95-33-35-97-37-38-98-36-34-96-32-30-94-28-25-78)53-44-99-58(42-57(53)89-7)104-70-65(85)63(47(4)101-75(70)103-56-22-17-12-13-18-24-76(88)43-55(83)51(40-45(2)81)61(56)52(76)23-39-107-109-50-20-15-14-16-21-50)79-106-59-41-54(82)72(49(6)100-59)108-73(87)60-46(3)62(77)68(71(92-10)67(60)90-8)105-74-66(86)69(91-9)64(84)48(5)102-74/h12-13,23,47-50,53-54,56-59,63-66,69-70,72,74-75,79,82,84-86,88H,11,14-16,19-21,25-44,78H2,1-10H3/b13-12-,52-23+/t47-,48+,49-,53+,54+,56+,57+,58+,59+,63-,64+,65+,66-,69-,70-,72-,74+,75+,76+/m1/s1. The van der Waals surface area contributed by atoms with Crippen molar-refractivity contribution < 1.29 is 125 Å². The highest BCUT2D eigenvalue weighted by atomic mass is 127. The molecule has 1 aromatic rings. The number of Topliss-reactive ketones (excluding diaryl/α,β-unsaturated/α-hetero) is 2. The van der Waals surface area contributed by atoms with E-state index in [9.17, 15) is 39.9 Å². The number of nitrogens with one attached hydrogen (secondary N) is 1. The fourth-order valence-electron chi connectivity index (χ4n) is 14.0. The SMILES string of the molecule is CCN(CCCOCCOCCOCCOCCOCCOCCN)[C@H]1CO[C@@H](O[C@H]2[C@H](O[C@H]3C#C/C=C\C#C[C@]4(O)CC(=O)C(CC(C)=O)=C3/C4=C\CSSC3CCCCC3)O[C@H](C)[C@@H](NO[C@H]3C[C@H](O)[C@H](SC(=O)c4c(C)c(I)c(O[C@@H]5O[C@@H](C)[C@H](O)[C@@H](OC)[C@H]5O)c(OC)c4OC)[C@@H](C)O3)[C@@H]2O)C[C@@H]1OC. The summed E-state index contributed by atoms with van der Waals surface area (Å²) in [5.74, 6) is 11.7. The summed E-state index contributed by atoms with van der Waals surface area (Å²) in [5.41, 5.74) is 7.52. The second-order valence-corrected chi connectivity index (χ2v) is 32.3. The van der Waals surface area contributed by atoms with Crippen molar-refractivity contribution in [1.82, 2.24) is 10.4 Å². The number of rotatable bonds is 44. The van der Waals surface area contributed by atoms with Gasteiger partial charge in [-0.1, -0.05) is 89.3 Å². The molecule has 0 aromatic heterocycles. The highest BCUT2D eigenvalue weighted by Crippen LogP contribution is 2.50. The van der Waals surface area contributed by atoms with Crippen LogP contribution in [-0.4, -0.2) is 307 Å². The molecule has 29 nitrogen and oxygen atoms in total. The summed E-state index contributed by atoms with van der Waals surface area (Å²) in [6, 6.07) is -1.31. The maximum absolute atomic E-state index is 14.6. The molecule has 4 heterocycles. The Balaban J connectivity index is 0.947. The average Bonchev–Trinajstić information content (AvgIpc) is 0.751. The van der Waals surface area contributed by atoms with Crippen LogP contribution in [0.4, 0.5) is 0 Å². The van der Waals surface area contributed by atoms with Crippen molar-refractivity contribution in [2.75, 3.05) is 140 Å². The number of halogens is 1. The highest BCUT2D eigenvalue weighted by molar-refractivity contribution is 14.1. The van der Waals surface area contributed by atoms with E-state index in [-0.39, 0.29) is 77.2 Å². The molecule has 1 saturated carbocycles. The topological polar surface area (TPSA) is 360 Å². The summed E-state index contributed by atoms with van der Waals surface area (Å²) < 4.78 is 103. The first kappa shape index (κ1) is 91.4. The van der Waals surface area contributed by atoms with Crippen LogP contribution in [0.3, 0.4) is 0 Å². The zero-order valence-electron chi connectivity index (χ0n) is 64.2. The molecule has 614 valence electrons. The molecule has 4 saturated heterocycles. The van der Waals surface area contributed by atoms with Gasteiger partial charge in [-0.3, -0.25) is 24.1 Å². The zero-order valence-corrected chi connectivity index (χ0v) is 68.8. The Labute approximate surface area is 666 Å². The molecule has 0 unspecified atom stereocenters. The minimum atomic E-state index is -2.00. The molecule has 109 heavy (non-hydrogen) atoms. The van der Waals surface area contributed by atoms with Gasteiger partial charge in [-0.15, -0.1) is 0 Å². The van der Waals surface area contributed by atoms with Crippen LogP contribution in [0.25, 0.3) is 0 Å². The number of ketones is 2. The maximum Gasteiger partial charge on any atom is 0.229 e. The number of methoxy groups -OCH3 is 4. The maximum atomic E-state index is 14.6. The third-order valence-electron chi connectivity index (χ3n) is 19.8. The molecule has 0 spiro atoms. The van der Waals surface area contributed by atoms with Gasteiger partial charge in [0, 0.05) is 80.9 Å². The molecule has 19 atom stereocenters. The zero-order chi connectivity index (χ0) is 78.6. The summed E-state index contributed by atoms with van der Waals surface area (Å²) in [6.45, 7) is 17.6. The summed E-state index contributed by atoms with van der Waals surface area (Å²) >= 11 is 2.85. The molecule has 8 rings (SSSR count). The van der Waals surface area contributed by atoms with E-state index in [1.165, 1.54) is 46.8 Å². The van der Waals surface area contributed by atoms with Crippen molar-refractivity contribution in [3.05, 3.63) is 49.6 Å². The number of carbonyl (C=O) groups is 3. The van der Waals surface area contributed by atoms with Crippen LogP contribution in [-0.2, 0) is 80.7 Å². The van der Waals surface area contributed by atoms with Gasteiger partial charge >= 0.3 is 0 Å². The Morgan fingerprint density at radius 1 is 0.761 bits per heavy atom. The first-order valence-corrected chi connectivity index (χ1v) is 41.9. The fourth-order valence-corrected chi connectivity index (χ4v) is 18.4. The lowest BCUT2D eigenvalue weighted by molar-refractivity contribution is -0.337. The predicted molar refractivity (Wildman–Crippen MR) is 415 cm³/mol. The van der Waals surface area contributed by atoms with Gasteiger partial charge in [0.05, 0.1) is 157 Å². The van der Waals surface area contributed by atoms with Crippen LogP contribution in [0, 0.1) is 34.2 Å². The van der Waals surface area contributed by atoms with Gasteiger partial charge in [0.25, 0.3) is 0 Å². The normalized spacial score (nSPS) is 31.6. The van der Waals surface area contributed by atoms with Gasteiger partial charge < -0.3 is 112 Å². The Morgan fingerprint density at radius 3 is 2.02 bits per heavy atom.